The van der Waals surface area contributed by atoms with Crippen molar-refractivity contribution in [2.24, 2.45) is 5.92 Å². The Kier molecular flexibility index (Phi) is 3.31. The zero-order chi connectivity index (χ0) is 12.4. The van der Waals surface area contributed by atoms with Crippen LogP contribution in [0.15, 0.2) is 12.1 Å². The molecule has 1 aromatic heterocycles. The fourth-order valence-electron chi connectivity index (χ4n) is 2.20. The van der Waals surface area contributed by atoms with E-state index in [4.69, 9.17) is 0 Å². The fourth-order valence-corrected chi connectivity index (χ4v) is 2.20. The summed E-state index contributed by atoms with van der Waals surface area (Å²) in [6, 6.07) is 4.13. The Labute approximate surface area is 101 Å². The van der Waals surface area contributed by atoms with E-state index in [-0.39, 0.29) is 5.97 Å². The molecule has 0 bridgehead atoms. The van der Waals surface area contributed by atoms with E-state index in [9.17, 15) is 4.79 Å². The van der Waals surface area contributed by atoms with Crippen LogP contribution in [0.4, 0.5) is 5.82 Å². The lowest BCUT2D eigenvalue weighted by atomic mass is 9.82. The molecule has 2 rings (SSSR count). The molecule has 0 aliphatic heterocycles. The molecule has 4 nitrogen and oxygen atoms in total. The van der Waals surface area contributed by atoms with E-state index in [0.717, 1.165) is 11.7 Å². The summed E-state index contributed by atoms with van der Waals surface area (Å²) in [6.07, 6.45) is 2.39. The topological polar surface area (TPSA) is 51.2 Å². The lowest BCUT2D eigenvalue weighted by Crippen LogP contribution is -2.34. The number of nitrogens with one attached hydrogen (secondary N) is 1. The van der Waals surface area contributed by atoms with Crippen LogP contribution >= 0.6 is 0 Å². The first-order chi connectivity index (χ1) is 8.10. The monoisotopic (exact) mass is 234 g/mol. The van der Waals surface area contributed by atoms with Crippen LogP contribution in [-0.2, 0) is 4.74 Å². The third-order valence-electron chi connectivity index (χ3n) is 3.22. The van der Waals surface area contributed by atoms with Crippen LogP contribution in [0.1, 0.15) is 35.8 Å². The molecule has 1 saturated carbocycles. The summed E-state index contributed by atoms with van der Waals surface area (Å²) in [6.45, 7) is 4.07. The Morgan fingerprint density at radius 3 is 2.71 bits per heavy atom. The zero-order valence-electron chi connectivity index (χ0n) is 10.5. The fraction of sp³-hybridized carbons (Fsp3) is 0.538. The number of hydrogen-bond donors (Lipinski definition) is 1. The van der Waals surface area contributed by atoms with Crippen molar-refractivity contribution in [1.82, 2.24) is 4.98 Å². The van der Waals surface area contributed by atoms with Crippen molar-refractivity contribution in [3.63, 3.8) is 0 Å². The van der Waals surface area contributed by atoms with E-state index in [2.05, 4.69) is 22.0 Å². The van der Waals surface area contributed by atoms with Gasteiger partial charge in [0.25, 0.3) is 0 Å². The summed E-state index contributed by atoms with van der Waals surface area (Å²) in [7, 11) is 1.38. The van der Waals surface area contributed by atoms with E-state index in [1.54, 1.807) is 6.07 Å². The molecule has 1 N–H and O–H groups in total. The molecule has 1 aliphatic rings. The number of hydrogen-bond acceptors (Lipinski definition) is 4. The predicted molar refractivity (Wildman–Crippen MR) is 66.1 cm³/mol. The number of ether oxygens (including phenoxy) is 1. The normalized spacial score (nSPS) is 22.8. The van der Waals surface area contributed by atoms with Crippen LogP contribution < -0.4 is 5.32 Å². The van der Waals surface area contributed by atoms with Gasteiger partial charge in [0, 0.05) is 6.04 Å². The summed E-state index contributed by atoms with van der Waals surface area (Å²) in [4.78, 5) is 15.8. The molecule has 0 radical (unpaired) electrons. The molecule has 0 amide bonds. The predicted octanol–water partition coefficient (Wildman–Crippen LogP) is 2.39. The number of rotatable bonds is 3. The highest BCUT2D eigenvalue weighted by atomic mass is 16.5. The number of nitrogens with zero attached hydrogens (tertiary/aromatic N) is 1. The Hall–Kier alpha value is -1.58. The molecule has 0 unspecified atom stereocenters. The van der Waals surface area contributed by atoms with Gasteiger partial charge >= 0.3 is 5.97 Å². The molecule has 1 heterocycles. The first kappa shape index (κ1) is 11.9. The van der Waals surface area contributed by atoms with Gasteiger partial charge in [-0.2, -0.15) is 0 Å². The van der Waals surface area contributed by atoms with Crippen LogP contribution in [-0.4, -0.2) is 24.1 Å². The molecule has 4 heteroatoms. The summed E-state index contributed by atoms with van der Waals surface area (Å²) < 4.78 is 4.69. The maximum absolute atomic E-state index is 11.4. The zero-order valence-corrected chi connectivity index (χ0v) is 10.5. The van der Waals surface area contributed by atoms with Gasteiger partial charge in [-0.25, -0.2) is 9.78 Å². The van der Waals surface area contributed by atoms with Gasteiger partial charge in [-0.05, 0) is 37.8 Å². The van der Waals surface area contributed by atoms with Crippen molar-refractivity contribution in [2.75, 3.05) is 12.4 Å². The largest absolute Gasteiger partial charge is 0.465 e. The maximum Gasteiger partial charge on any atom is 0.339 e. The molecular weight excluding hydrogens is 216 g/mol. The average Bonchev–Trinajstić information content (AvgIpc) is 2.26. The second-order valence-electron chi connectivity index (χ2n) is 4.74. The highest BCUT2D eigenvalue weighted by Crippen LogP contribution is 2.29. The van der Waals surface area contributed by atoms with Crippen LogP contribution in [0, 0.1) is 12.8 Å². The van der Waals surface area contributed by atoms with Crippen LogP contribution in [0.3, 0.4) is 0 Å². The first-order valence-electron chi connectivity index (χ1n) is 5.92. The Morgan fingerprint density at radius 2 is 2.18 bits per heavy atom. The minimum atomic E-state index is -0.334. The van der Waals surface area contributed by atoms with Gasteiger partial charge in [-0.3, -0.25) is 0 Å². The number of anilines is 1. The quantitative estimate of drug-likeness (QED) is 0.816. The van der Waals surface area contributed by atoms with Gasteiger partial charge in [0.05, 0.1) is 18.4 Å². The van der Waals surface area contributed by atoms with Gasteiger partial charge in [0.2, 0.25) is 0 Å². The number of aryl methyl sites for hydroxylation is 1. The van der Waals surface area contributed by atoms with E-state index in [1.165, 1.54) is 20.0 Å². The Bertz CT molecular complexity index is 425. The summed E-state index contributed by atoms with van der Waals surface area (Å²) >= 11 is 0. The molecule has 1 fully saturated rings. The molecule has 0 spiro atoms. The Morgan fingerprint density at radius 1 is 1.47 bits per heavy atom. The van der Waals surface area contributed by atoms with Gasteiger partial charge in [0.1, 0.15) is 5.82 Å². The number of carbonyl (C=O) groups excluding carboxylic acids is 1. The second-order valence-corrected chi connectivity index (χ2v) is 4.74. The molecule has 17 heavy (non-hydrogen) atoms. The van der Waals surface area contributed by atoms with Crippen LogP contribution in [0.5, 0.6) is 0 Å². The summed E-state index contributed by atoms with van der Waals surface area (Å²) in [5, 5.41) is 3.37. The van der Waals surface area contributed by atoms with E-state index in [1.807, 2.05) is 13.0 Å². The maximum atomic E-state index is 11.4. The molecule has 1 aromatic rings. The van der Waals surface area contributed by atoms with Crippen molar-refractivity contribution in [1.29, 1.82) is 0 Å². The first-order valence-corrected chi connectivity index (χ1v) is 5.92. The standard InChI is InChI=1S/C13H18N2O2/c1-8-6-10(7-8)15-12-5-4-11(9(2)14-12)13(16)17-3/h4-5,8,10H,6-7H2,1-3H3,(H,14,15). The van der Waals surface area contributed by atoms with E-state index >= 15 is 0 Å². The number of aromatic nitrogens is 1. The molecular formula is C13H18N2O2. The minimum Gasteiger partial charge on any atom is -0.465 e. The molecule has 1 aliphatic carbocycles. The van der Waals surface area contributed by atoms with Crippen molar-refractivity contribution in [2.45, 2.75) is 32.7 Å². The third kappa shape index (κ3) is 2.57. The highest BCUT2D eigenvalue weighted by Gasteiger charge is 2.25. The average molecular weight is 234 g/mol. The third-order valence-corrected chi connectivity index (χ3v) is 3.22. The lowest BCUT2D eigenvalue weighted by Gasteiger charge is -2.33. The Balaban J connectivity index is 2.05. The van der Waals surface area contributed by atoms with E-state index in [0.29, 0.717) is 17.3 Å². The van der Waals surface area contributed by atoms with Crippen molar-refractivity contribution >= 4 is 11.8 Å². The second kappa shape index (κ2) is 4.73. The number of methoxy groups -OCH3 is 1. The van der Waals surface area contributed by atoms with Crippen molar-refractivity contribution < 1.29 is 9.53 Å². The summed E-state index contributed by atoms with van der Waals surface area (Å²) in [5.41, 5.74) is 1.23. The molecule has 0 saturated heterocycles. The number of carbonyl (C=O) groups is 1. The molecule has 92 valence electrons. The van der Waals surface area contributed by atoms with Gasteiger partial charge in [-0.15, -0.1) is 0 Å². The van der Waals surface area contributed by atoms with Crippen LogP contribution in [0.2, 0.25) is 0 Å². The lowest BCUT2D eigenvalue weighted by molar-refractivity contribution is 0.0599. The van der Waals surface area contributed by atoms with Crippen LogP contribution in [0.25, 0.3) is 0 Å². The minimum absolute atomic E-state index is 0.334. The summed E-state index contributed by atoms with van der Waals surface area (Å²) in [5.74, 6) is 1.31. The number of pyridine rings is 1. The molecule has 0 aromatic carbocycles. The SMILES string of the molecule is COC(=O)c1ccc(NC2CC(C)C2)nc1C. The smallest absolute Gasteiger partial charge is 0.339 e. The van der Waals surface area contributed by atoms with Gasteiger partial charge < -0.3 is 10.1 Å². The van der Waals surface area contributed by atoms with Gasteiger partial charge in [-0.1, -0.05) is 6.92 Å². The van der Waals surface area contributed by atoms with Gasteiger partial charge in [0.15, 0.2) is 0 Å². The van der Waals surface area contributed by atoms with Crippen molar-refractivity contribution in [3.8, 4) is 0 Å². The van der Waals surface area contributed by atoms with Crippen molar-refractivity contribution in [3.05, 3.63) is 23.4 Å². The number of esters is 1. The van der Waals surface area contributed by atoms with E-state index < -0.39 is 0 Å². The molecule has 0 atom stereocenters. The highest BCUT2D eigenvalue weighted by molar-refractivity contribution is 5.90.